The Kier molecular flexibility index (Phi) is 5.31. The van der Waals surface area contributed by atoms with Crippen molar-refractivity contribution in [2.75, 3.05) is 24.5 Å². The van der Waals surface area contributed by atoms with E-state index >= 15 is 0 Å². The smallest absolute Gasteiger partial charge is 0.227 e. The number of ether oxygens (including phenoxy) is 1. The highest BCUT2D eigenvalue weighted by atomic mass is 16.5. The molecule has 2 aliphatic heterocycles. The van der Waals surface area contributed by atoms with Gasteiger partial charge in [0.15, 0.2) is 0 Å². The van der Waals surface area contributed by atoms with Crippen molar-refractivity contribution < 1.29 is 9.53 Å². The number of carbonyl (C=O) groups is 1. The normalized spacial score (nSPS) is 22.1. The molecule has 148 valence electrons. The van der Waals surface area contributed by atoms with Gasteiger partial charge in [0, 0.05) is 31.6 Å². The Labute approximate surface area is 166 Å². The van der Waals surface area contributed by atoms with E-state index in [4.69, 9.17) is 9.72 Å². The van der Waals surface area contributed by atoms with Crippen LogP contribution in [0, 0.1) is 6.92 Å². The summed E-state index contributed by atoms with van der Waals surface area (Å²) in [6.45, 7) is 9.05. The molecule has 0 radical (unpaired) electrons. The number of benzene rings is 1. The van der Waals surface area contributed by atoms with E-state index in [1.807, 2.05) is 42.2 Å². The molecule has 6 nitrogen and oxygen atoms in total. The maximum atomic E-state index is 12.9. The third-order valence-corrected chi connectivity index (χ3v) is 5.42. The zero-order valence-electron chi connectivity index (χ0n) is 16.9. The lowest BCUT2D eigenvalue weighted by atomic mass is 10.0. The van der Waals surface area contributed by atoms with Gasteiger partial charge in [-0.1, -0.05) is 30.3 Å². The Bertz CT molecular complexity index is 845. The molecule has 3 heterocycles. The topological polar surface area (TPSA) is 58.6 Å². The molecule has 1 aromatic heterocycles. The average molecular weight is 380 g/mol. The van der Waals surface area contributed by atoms with Crippen LogP contribution in [0.2, 0.25) is 0 Å². The van der Waals surface area contributed by atoms with Crippen molar-refractivity contribution in [2.24, 2.45) is 0 Å². The molecule has 2 aromatic rings. The predicted octanol–water partition coefficient (Wildman–Crippen LogP) is 2.53. The van der Waals surface area contributed by atoms with Crippen molar-refractivity contribution in [1.82, 2.24) is 14.9 Å². The summed E-state index contributed by atoms with van der Waals surface area (Å²) in [5.74, 6) is 1.93. The first kappa shape index (κ1) is 18.9. The van der Waals surface area contributed by atoms with Crippen LogP contribution < -0.4 is 4.90 Å². The third-order valence-electron chi connectivity index (χ3n) is 5.42. The Morgan fingerprint density at radius 2 is 1.86 bits per heavy atom. The van der Waals surface area contributed by atoms with Crippen molar-refractivity contribution in [3.05, 3.63) is 53.0 Å². The monoisotopic (exact) mass is 380 g/mol. The highest BCUT2D eigenvalue weighted by Gasteiger charge is 2.30. The fourth-order valence-corrected chi connectivity index (χ4v) is 4.22. The van der Waals surface area contributed by atoms with Crippen LogP contribution in [-0.4, -0.2) is 52.6 Å². The summed E-state index contributed by atoms with van der Waals surface area (Å²) in [7, 11) is 0. The van der Waals surface area contributed by atoms with Crippen LogP contribution in [0.3, 0.4) is 0 Å². The molecule has 0 spiro atoms. The number of morpholine rings is 1. The molecule has 0 bridgehead atoms. The van der Waals surface area contributed by atoms with E-state index in [1.54, 1.807) is 0 Å². The van der Waals surface area contributed by atoms with E-state index in [1.165, 1.54) is 0 Å². The number of anilines is 1. The lowest BCUT2D eigenvalue weighted by Crippen LogP contribution is -2.47. The molecule has 1 aromatic carbocycles. The molecule has 2 aliphatic rings. The second-order valence-corrected chi connectivity index (χ2v) is 7.91. The van der Waals surface area contributed by atoms with Crippen molar-refractivity contribution in [1.29, 1.82) is 0 Å². The highest BCUT2D eigenvalue weighted by Crippen LogP contribution is 2.29. The molecule has 1 amide bonds. The summed E-state index contributed by atoms with van der Waals surface area (Å²) in [4.78, 5) is 26.6. The number of hydrogen-bond donors (Lipinski definition) is 0. The Hall–Kier alpha value is -2.47. The zero-order valence-corrected chi connectivity index (χ0v) is 16.9. The number of nitrogens with zero attached hydrogens (tertiary/aromatic N) is 4. The van der Waals surface area contributed by atoms with E-state index < -0.39 is 0 Å². The molecule has 6 heteroatoms. The predicted molar refractivity (Wildman–Crippen MR) is 108 cm³/mol. The molecule has 0 unspecified atom stereocenters. The third kappa shape index (κ3) is 4.02. The van der Waals surface area contributed by atoms with Crippen molar-refractivity contribution in [2.45, 2.75) is 52.4 Å². The van der Waals surface area contributed by atoms with Crippen LogP contribution in [0.1, 0.15) is 36.5 Å². The van der Waals surface area contributed by atoms with Gasteiger partial charge in [0.1, 0.15) is 11.6 Å². The number of carbonyl (C=O) groups excluding carboxylic acids is 1. The summed E-state index contributed by atoms with van der Waals surface area (Å²) < 4.78 is 5.89. The molecule has 0 saturated carbocycles. The van der Waals surface area contributed by atoms with Gasteiger partial charge in [0.2, 0.25) is 5.91 Å². The molecular formula is C22H28N4O2. The van der Waals surface area contributed by atoms with E-state index in [0.29, 0.717) is 19.5 Å². The van der Waals surface area contributed by atoms with Gasteiger partial charge in [0.25, 0.3) is 0 Å². The summed E-state index contributed by atoms with van der Waals surface area (Å²) in [5.41, 5.74) is 3.23. The number of amides is 1. The number of aryl methyl sites for hydroxylation is 1. The first-order valence-electron chi connectivity index (χ1n) is 10.1. The van der Waals surface area contributed by atoms with Crippen LogP contribution >= 0.6 is 0 Å². The van der Waals surface area contributed by atoms with E-state index in [9.17, 15) is 4.79 Å². The standard InChI is InChI=1S/C22H28N4O2/c1-15-12-26(13-16(2)28-15)22-19-14-25(10-9-20(19)23-17(3)24-22)21(27)11-18-7-5-4-6-8-18/h4-8,15-16H,9-14H2,1-3H3/t15-,16+. The minimum Gasteiger partial charge on any atom is -0.372 e. The van der Waals surface area contributed by atoms with Crippen molar-refractivity contribution in [3.63, 3.8) is 0 Å². The summed E-state index contributed by atoms with van der Waals surface area (Å²) in [6.07, 6.45) is 1.54. The molecule has 2 atom stereocenters. The SMILES string of the molecule is Cc1nc2c(c(N3C[C@@H](C)O[C@@H](C)C3)n1)CN(C(=O)Cc1ccccc1)CC2. The first-order chi connectivity index (χ1) is 13.5. The molecule has 0 N–H and O–H groups in total. The summed E-state index contributed by atoms with van der Waals surface area (Å²) in [6, 6.07) is 9.93. The number of fused-ring (bicyclic) bond motifs is 1. The number of rotatable bonds is 3. The largest absolute Gasteiger partial charge is 0.372 e. The number of aromatic nitrogens is 2. The number of hydrogen-bond acceptors (Lipinski definition) is 5. The van der Waals surface area contributed by atoms with Gasteiger partial charge in [-0.2, -0.15) is 0 Å². The minimum atomic E-state index is 0.159. The van der Waals surface area contributed by atoms with Gasteiger partial charge in [0.05, 0.1) is 30.9 Å². The molecular weight excluding hydrogens is 352 g/mol. The fraction of sp³-hybridized carbons (Fsp3) is 0.500. The Balaban J connectivity index is 1.58. The maximum absolute atomic E-state index is 12.9. The summed E-state index contributed by atoms with van der Waals surface area (Å²) >= 11 is 0. The second-order valence-electron chi connectivity index (χ2n) is 7.91. The first-order valence-corrected chi connectivity index (χ1v) is 10.1. The lowest BCUT2D eigenvalue weighted by molar-refractivity contribution is -0.131. The second kappa shape index (κ2) is 7.87. The molecule has 28 heavy (non-hydrogen) atoms. The van der Waals surface area contributed by atoms with Crippen LogP contribution in [0.15, 0.2) is 30.3 Å². The van der Waals surface area contributed by atoms with Gasteiger partial charge < -0.3 is 14.5 Å². The van der Waals surface area contributed by atoms with Crippen molar-refractivity contribution >= 4 is 11.7 Å². The van der Waals surface area contributed by atoms with Gasteiger partial charge in [-0.05, 0) is 26.3 Å². The van der Waals surface area contributed by atoms with E-state index in [0.717, 1.165) is 48.0 Å². The zero-order chi connectivity index (χ0) is 19.7. The molecule has 1 saturated heterocycles. The molecule has 0 aliphatic carbocycles. The Morgan fingerprint density at radius 3 is 2.57 bits per heavy atom. The van der Waals surface area contributed by atoms with Gasteiger partial charge in [-0.3, -0.25) is 4.79 Å². The summed E-state index contributed by atoms with van der Waals surface area (Å²) in [5, 5.41) is 0. The highest BCUT2D eigenvalue weighted by molar-refractivity contribution is 5.79. The van der Waals surface area contributed by atoms with Crippen molar-refractivity contribution in [3.8, 4) is 0 Å². The van der Waals surface area contributed by atoms with Gasteiger partial charge >= 0.3 is 0 Å². The van der Waals surface area contributed by atoms with Crippen LogP contribution in [0.5, 0.6) is 0 Å². The Morgan fingerprint density at radius 1 is 1.14 bits per heavy atom. The average Bonchev–Trinajstić information content (AvgIpc) is 2.67. The van der Waals surface area contributed by atoms with E-state index in [-0.39, 0.29) is 18.1 Å². The quantitative estimate of drug-likeness (QED) is 0.819. The molecule has 4 rings (SSSR count). The van der Waals surface area contributed by atoms with Crippen LogP contribution in [-0.2, 0) is 28.9 Å². The van der Waals surface area contributed by atoms with Crippen LogP contribution in [0.25, 0.3) is 0 Å². The van der Waals surface area contributed by atoms with Gasteiger partial charge in [-0.25, -0.2) is 9.97 Å². The minimum absolute atomic E-state index is 0.159. The molecule has 1 fully saturated rings. The van der Waals surface area contributed by atoms with Crippen LogP contribution in [0.4, 0.5) is 5.82 Å². The maximum Gasteiger partial charge on any atom is 0.227 e. The van der Waals surface area contributed by atoms with E-state index in [2.05, 4.69) is 23.7 Å². The van der Waals surface area contributed by atoms with Gasteiger partial charge in [-0.15, -0.1) is 0 Å². The lowest BCUT2D eigenvalue weighted by Gasteiger charge is -2.38. The fourth-order valence-electron chi connectivity index (χ4n) is 4.22.